The minimum absolute atomic E-state index is 0.211. The van der Waals surface area contributed by atoms with Crippen LogP contribution in [0.25, 0.3) is 0 Å². The van der Waals surface area contributed by atoms with Gasteiger partial charge >= 0.3 is 0 Å². The van der Waals surface area contributed by atoms with E-state index in [2.05, 4.69) is 24.3 Å². The Morgan fingerprint density at radius 3 is 2.43 bits per heavy atom. The summed E-state index contributed by atoms with van der Waals surface area (Å²) in [6, 6.07) is 8.24. The zero-order valence-corrected chi connectivity index (χ0v) is 9.30. The van der Waals surface area contributed by atoms with Gasteiger partial charge < -0.3 is 5.73 Å². The van der Waals surface area contributed by atoms with E-state index in [4.69, 9.17) is 5.73 Å². The van der Waals surface area contributed by atoms with E-state index in [-0.39, 0.29) is 11.8 Å². The zero-order chi connectivity index (χ0) is 10.6. The number of hydrogen-bond acceptors (Lipinski definition) is 2. The lowest BCUT2D eigenvalue weighted by molar-refractivity contribution is -0.118. The number of benzene rings is 1. The maximum atomic E-state index is 10.7. The normalized spacial score (nSPS) is 12.4. The van der Waals surface area contributed by atoms with Crippen molar-refractivity contribution in [3.8, 4) is 0 Å². The van der Waals surface area contributed by atoms with Crippen LogP contribution in [0, 0.1) is 0 Å². The predicted molar refractivity (Wildman–Crippen MR) is 60.4 cm³/mol. The second-order valence-electron chi connectivity index (χ2n) is 3.34. The molecule has 0 heterocycles. The van der Waals surface area contributed by atoms with E-state index in [1.807, 2.05) is 13.2 Å². The predicted octanol–water partition coefficient (Wildman–Crippen LogP) is 2.39. The maximum Gasteiger partial charge on any atom is 0.218 e. The highest BCUT2D eigenvalue weighted by Gasteiger charge is 2.08. The molecule has 0 aliphatic heterocycles. The average Bonchev–Trinajstić information content (AvgIpc) is 2.17. The fourth-order valence-electron chi connectivity index (χ4n) is 1.35. The van der Waals surface area contributed by atoms with E-state index in [0.29, 0.717) is 6.42 Å². The molecule has 1 aromatic rings. The van der Waals surface area contributed by atoms with Crippen molar-refractivity contribution < 1.29 is 4.79 Å². The van der Waals surface area contributed by atoms with E-state index in [9.17, 15) is 4.79 Å². The summed E-state index contributed by atoms with van der Waals surface area (Å²) in [6.07, 6.45) is 2.46. The fourth-order valence-corrected chi connectivity index (χ4v) is 1.76. The van der Waals surface area contributed by atoms with Gasteiger partial charge in [-0.05, 0) is 29.9 Å². The molecule has 0 aliphatic carbocycles. The number of thioether (sulfide) groups is 1. The number of hydrogen-bond donors (Lipinski definition) is 1. The van der Waals surface area contributed by atoms with Gasteiger partial charge in [0, 0.05) is 11.3 Å². The minimum atomic E-state index is -0.244. The Morgan fingerprint density at radius 2 is 2.00 bits per heavy atom. The Kier molecular flexibility index (Phi) is 4.01. The SMILES string of the molecule is CSc1ccc(C(C)CC(N)=O)cc1. The molecule has 1 unspecified atom stereocenters. The molecule has 1 rings (SSSR count). The summed E-state index contributed by atoms with van der Waals surface area (Å²) in [6.45, 7) is 2.01. The molecule has 14 heavy (non-hydrogen) atoms. The Labute approximate surface area is 88.9 Å². The first-order chi connectivity index (χ1) is 6.63. The lowest BCUT2D eigenvalue weighted by atomic mass is 9.98. The molecule has 0 spiro atoms. The standard InChI is InChI=1S/C11H15NOS/c1-8(7-11(12)13)9-3-5-10(14-2)6-4-9/h3-6,8H,7H2,1-2H3,(H2,12,13). The van der Waals surface area contributed by atoms with Crippen LogP contribution < -0.4 is 5.73 Å². The molecule has 0 saturated heterocycles. The first kappa shape index (κ1) is 11.1. The minimum Gasteiger partial charge on any atom is -0.370 e. The highest BCUT2D eigenvalue weighted by atomic mass is 32.2. The third kappa shape index (κ3) is 3.07. The molecule has 0 aliphatic rings. The molecule has 0 aromatic heterocycles. The first-order valence-corrected chi connectivity index (χ1v) is 5.78. The van der Waals surface area contributed by atoms with Crippen molar-refractivity contribution in [1.29, 1.82) is 0 Å². The Balaban J connectivity index is 2.71. The quantitative estimate of drug-likeness (QED) is 0.774. The van der Waals surface area contributed by atoms with Crippen molar-refractivity contribution in [2.75, 3.05) is 6.26 Å². The van der Waals surface area contributed by atoms with E-state index >= 15 is 0 Å². The summed E-state index contributed by atoms with van der Waals surface area (Å²) < 4.78 is 0. The van der Waals surface area contributed by atoms with E-state index in [1.54, 1.807) is 11.8 Å². The molecule has 2 nitrogen and oxygen atoms in total. The number of primary amides is 1. The van der Waals surface area contributed by atoms with Crippen LogP contribution in [-0.2, 0) is 4.79 Å². The van der Waals surface area contributed by atoms with Crippen LogP contribution in [0.3, 0.4) is 0 Å². The molecule has 2 N–H and O–H groups in total. The molecule has 3 heteroatoms. The van der Waals surface area contributed by atoms with Crippen molar-refractivity contribution >= 4 is 17.7 Å². The van der Waals surface area contributed by atoms with Crippen LogP contribution in [-0.4, -0.2) is 12.2 Å². The van der Waals surface area contributed by atoms with Crippen LogP contribution in [0.4, 0.5) is 0 Å². The second-order valence-corrected chi connectivity index (χ2v) is 4.22. The lowest BCUT2D eigenvalue weighted by Crippen LogP contribution is -2.13. The summed E-state index contributed by atoms with van der Waals surface area (Å²) in [7, 11) is 0. The van der Waals surface area contributed by atoms with Crippen LogP contribution in [0.15, 0.2) is 29.2 Å². The summed E-state index contributed by atoms with van der Waals surface area (Å²) in [4.78, 5) is 12.0. The van der Waals surface area contributed by atoms with E-state index in [0.717, 1.165) is 0 Å². The van der Waals surface area contributed by atoms with Crippen molar-refractivity contribution in [3.05, 3.63) is 29.8 Å². The molecular weight excluding hydrogens is 194 g/mol. The highest BCUT2D eigenvalue weighted by molar-refractivity contribution is 7.98. The van der Waals surface area contributed by atoms with Crippen molar-refractivity contribution in [1.82, 2.24) is 0 Å². The molecule has 0 bridgehead atoms. The third-order valence-corrected chi connectivity index (χ3v) is 2.94. The third-order valence-electron chi connectivity index (χ3n) is 2.19. The van der Waals surface area contributed by atoms with Crippen molar-refractivity contribution in [3.63, 3.8) is 0 Å². The number of nitrogens with two attached hydrogens (primary N) is 1. The van der Waals surface area contributed by atoms with Crippen LogP contribution in [0.2, 0.25) is 0 Å². The van der Waals surface area contributed by atoms with Gasteiger partial charge in [-0.2, -0.15) is 0 Å². The van der Waals surface area contributed by atoms with E-state index in [1.165, 1.54) is 10.5 Å². The second kappa shape index (κ2) is 5.05. The molecule has 1 aromatic carbocycles. The van der Waals surface area contributed by atoms with Gasteiger partial charge in [-0.15, -0.1) is 11.8 Å². The highest BCUT2D eigenvalue weighted by Crippen LogP contribution is 2.22. The summed E-state index contributed by atoms with van der Waals surface area (Å²) in [5.74, 6) is -0.0325. The molecule has 1 amide bonds. The Hall–Kier alpha value is -0.960. The molecule has 1 atom stereocenters. The van der Waals surface area contributed by atoms with Crippen LogP contribution in [0.1, 0.15) is 24.8 Å². The average molecular weight is 209 g/mol. The van der Waals surface area contributed by atoms with Gasteiger partial charge in [0.1, 0.15) is 0 Å². The van der Waals surface area contributed by atoms with Crippen LogP contribution in [0.5, 0.6) is 0 Å². The monoisotopic (exact) mass is 209 g/mol. The Bertz CT molecular complexity index is 308. The van der Waals surface area contributed by atoms with Gasteiger partial charge in [0.25, 0.3) is 0 Å². The summed E-state index contributed by atoms with van der Waals surface area (Å²) >= 11 is 1.71. The summed E-state index contributed by atoms with van der Waals surface area (Å²) in [5.41, 5.74) is 6.31. The number of amides is 1. The molecule has 0 radical (unpaired) electrons. The van der Waals surface area contributed by atoms with E-state index < -0.39 is 0 Å². The van der Waals surface area contributed by atoms with Gasteiger partial charge in [-0.25, -0.2) is 0 Å². The van der Waals surface area contributed by atoms with Gasteiger partial charge in [0.05, 0.1) is 0 Å². The largest absolute Gasteiger partial charge is 0.370 e. The number of rotatable bonds is 4. The number of carbonyl (C=O) groups is 1. The van der Waals surface area contributed by atoms with Gasteiger partial charge in [0.2, 0.25) is 5.91 Å². The topological polar surface area (TPSA) is 43.1 Å². The Morgan fingerprint density at radius 1 is 1.43 bits per heavy atom. The summed E-state index contributed by atoms with van der Waals surface area (Å²) in [5, 5.41) is 0. The number of carbonyl (C=O) groups excluding carboxylic acids is 1. The molecule has 0 saturated carbocycles. The zero-order valence-electron chi connectivity index (χ0n) is 8.49. The molecular formula is C11H15NOS. The van der Waals surface area contributed by atoms with Gasteiger partial charge in [-0.1, -0.05) is 19.1 Å². The molecule has 76 valence electrons. The van der Waals surface area contributed by atoms with Gasteiger partial charge in [-0.3, -0.25) is 4.79 Å². The van der Waals surface area contributed by atoms with Gasteiger partial charge in [0.15, 0.2) is 0 Å². The first-order valence-electron chi connectivity index (χ1n) is 4.55. The maximum absolute atomic E-state index is 10.7. The van der Waals surface area contributed by atoms with Crippen LogP contribution >= 0.6 is 11.8 Å². The fraction of sp³-hybridized carbons (Fsp3) is 0.364. The lowest BCUT2D eigenvalue weighted by Gasteiger charge is -2.09. The van der Waals surface area contributed by atoms with Crippen molar-refractivity contribution in [2.24, 2.45) is 5.73 Å². The van der Waals surface area contributed by atoms with Crippen molar-refractivity contribution in [2.45, 2.75) is 24.2 Å². The molecule has 0 fully saturated rings. The smallest absolute Gasteiger partial charge is 0.218 e.